The quantitative estimate of drug-likeness (QED) is 0.343. The predicted octanol–water partition coefficient (Wildman–Crippen LogP) is 4.42. The topological polar surface area (TPSA) is 127 Å². The van der Waals surface area contributed by atoms with Crippen molar-refractivity contribution in [2.75, 3.05) is 5.43 Å². The van der Waals surface area contributed by atoms with Crippen LogP contribution in [0.3, 0.4) is 0 Å². The first-order valence-corrected chi connectivity index (χ1v) is 9.83. The number of hydrogen-bond donors (Lipinski definition) is 2. The molecule has 0 atom stereocenters. The number of rotatable bonds is 6. The maximum absolute atomic E-state index is 12.3. The summed E-state index contributed by atoms with van der Waals surface area (Å²) in [5.41, 5.74) is 4.31. The van der Waals surface area contributed by atoms with E-state index in [1.54, 1.807) is 66.9 Å². The van der Waals surface area contributed by atoms with Gasteiger partial charge < -0.3 is 4.74 Å². The molecule has 0 spiro atoms. The Morgan fingerprint density at radius 3 is 2.45 bits per heavy atom. The summed E-state index contributed by atoms with van der Waals surface area (Å²) in [7, 11) is 0. The molecule has 0 unspecified atom stereocenters. The average molecular weight is 432 g/mol. The van der Waals surface area contributed by atoms with E-state index in [9.17, 15) is 10.1 Å². The number of nitriles is 2. The summed E-state index contributed by atoms with van der Waals surface area (Å²) >= 11 is 0. The second-order valence-electron chi connectivity index (χ2n) is 6.80. The van der Waals surface area contributed by atoms with Gasteiger partial charge in [0, 0.05) is 5.56 Å². The van der Waals surface area contributed by atoms with Crippen molar-refractivity contribution in [1.29, 1.82) is 10.5 Å². The number of ether oxygens (including phenoxy) is 1. The summed E-state index contributed by atoms with van der Waals surface area (Å²) in [4.78, 5) is 19.2. The number of anilines is 1. The third-order valence-corrected chi connectivity index (χ3v) is 4.54. The number of H-pyrrole nitrogens is 1. The summed E-state index contributed by atoms with van der Waals surface area (Å²) in [6.07, 6.45) is 1.55. The van der Waals surface area contributed by atoms with Gasteiger partial charge in [0.15, 0.2) is 0 Å². The van der Waals surface area contributed by atoms with Crippen LogP contribution in [0.5, 0.6) is 11.5 Å². The molecule has 158 valence electrons. The van der Waals surface area contributed by atoms with Gasteiger partial charge in [0.2, 0.25) is 5.95 Å². The monoisotopic (exact) mass is 432 g/mol. The number of hydrogen-bond acceptors (Lipinski definition) is 7. The summed E-state index contributed by atoms with van der Waals surface area (Å²) in [6.45, 7) is 0. The standard InChI is InChI=1S/C25H16N6O2/c26-14-17-9-11-20(12-10-17)33-21-8-4-5-18(13-21)16-28-31-25-29-23(19-6-2-1-3-7-19)22(15-27)24(32)30-25/h1-13,16H,(H2,29,30,31,32). The molecule has 3 aromatic carbocycles. The normalized spacial score (nSPS) is 10.4. The van der Waals surface area contributed by atoms with Crippen LogP contribution in [0.1, 0.15) is 16.7 Å². The summed E-state index contributed by atoms with van der Waals surface area (Å²) in [6, 6.07) is 27.0. The first kappa shape index (κ1) is 21.0. The van der Waals surface area contributed by atoms with Crippen molar-refractivity contribution >= 4 is 12.2 Å². The van der Waals surface area contributed by atoms with Crippen LogP contribution in [0.2, 0.25) is 0 Å². The van der Waals surface area contributed by atoms with E-state index in [2.05, 4.69) is 26.6 Å². The predicted molar refractivity (Wildman–Crippen MR) is 124 cm³/mol. The molecule has 0 bridgehead atoms. The molecule has 1 aromatic heterocycles. The molecule has 0 aliphatic carbocycles. The van der Waals surface area contributed by atoms with Gasteiger partial charge in [-0.25, -0.2) is 10.4 Å². The zero-order valence-corrected chi connectivity index (χ0v) is 17.2. The Morgan fingerprint density at radius 2 is 1.73 bits per heavy atom. The van der Waals surface area contributed by atoms with Gasteiger partial charge >= 0.3 is 0 Å². The summed E-state index contributed by atoms with van der Waals surface area (Å²) < 4.78 is 5.81. The molecule has 1 heterocycles. The maximum Gasteiger partial charge on any atom is 0.270 e. The fourth-order valence-corrected chi connectivity index (χ4v) is 2.99. The van der Waals surface area contributed by atoms with Crippen molar-refractivity contribution in [1.82, 2.24) is 9.97 Å². The van der Waals surface area contributed by atoms with Crippen molar-refractivity contribution in [2.45, 2.75) is 0 Å². The van der Waals surface area contributed by atoms with Gasteiger partial charge in [0.25, 0.3) is 5.56 Å². The number of benzene rings is 3. The van der Waals surface area contributed by atoms with Crippen molar-refractivity contribution in [2.24, 2.45) is 5.10 Å². The maximum atomic E-state index is 12.3. The molecule has 0 saturated heterocycles. The Balaban J connectivity index is 1.51. The van der Waals surface area contributed by atoms with Gasteiger partial charge in [-0.05, 0) is 42.0 Å². The zero-order chi connectivity index (χ0) is 23.0. The number of hydrazone groups is 1. The van der Waals surface area contributed by atoms with Crippen molar-refractivity contribution in [3.05, 3.63) is 106 Å². The SMILES string of the molecule is N#Cc1ccc(Oc2cccc(C=NNc3nc(-c4ccccc4)c(C#N)c(=O)[nH]3)c2)cc1. The highest BCUT2D eigenvalue weighted by Crippen LogP contribution is 2.22. The van der Waals surface area contributed by atoms with Crippen LogP contribution in [-0.4, -0.2) is 16.2 Å². The number of aromatic nitrogens is 2. The minimum Gasteiger partial charge on any atom is -0.457 e. The van der Waals surface area contributed by atoms with Gasteiger partial charge in [-0.2, -0.15) is 15.6 Å². The average Bonchev–Trinajstić information content (AvgIpc) is 2.85. The number of nitrogens with zero attached hydrogens (tertiary/aromatic N) is 4. The molecular weight excluding hydrogens is 416 g/mol. The molecule has 0 fully saturated rings. The van der Waals surface area contributed by atoms with Crippen LogP contribution in [0.15, 0.2) is 88.8 Å². The summed E-state index contributed by atoms with van der Waals surface area (Å²) in [5.74, 6) is 1.31. The highest BCUT2D eigenvalue weighted by Gasteiger charge is 2.12. The van der Waals surface area contributed by atoms with E-state index in [1.165, 1.54) is 0 Å². The molecule has 0 saturated carbocycles. The minimum absolute atomic E-state index is 0.0663. The minimum atomic E-state index is -0.554. The van der Waals surface area contributed by atoms with Crippen molar-refractivity contribution in [3.63, 3.8) is 0 Å². The molecule has 33 heavy (non-hydrogen) atoms. The Morgan fingerprint density at radius 1 is 0.939 bits per heavy atom. The van der Waals surface area contributed by atoms with Crippen LogP contribution in [0.25, 0.3) is 11.3 Å². The van der Waals surface area contributed by atoms with Crippen molar-refractivity contribution < 1.29 is 4.74 Å². The fraction of sp³-hybridized carbons (Fsp3) is 0. The smallest absolute Gasteiger partial charge is 0.270 e. The van der Waals surface area contributed by atoms with Crippen LogP contribution >= 0.6 is 0 Å². The van der Waals surface area contributed by atoms with E-state index >= 15 is 0 Å². The molecule has 0 amide bonds. The highest BCUT2D eigenvalue weighted by molar-refractivity contribution is 5.80. The van der Waals surface area contributed by atoms with E-state index in [4.69, 9.17) is 10.00 Å². The van der Waals surface area contributed by atoms with Crippen LogP contribution in [0, 0.1) is 22.7 Å². The van der Waals surface area contributed by atoms with E-state index in [-0.39, 0.29) is 17.2 Å². The molecule has 8 heteroatoms. The fourth-order valence-electron chi connectivity index (χ4n) is 2.99. The number of nitrogens with one attached hydrogen (secondary N) is 2. The lowest BCUT2D eigenvalue weighted by atomic mass is 10.1. The zero-order valence-electron chi connectivity index (χ0n) is 17.2. The molecule has 0 radical (unpaired) electrons. The van der Waals surface area contributed by atoms with E-state index in [0.717, 1.165) is 5.56 Å². The first-order chi connectivity index (χ1) is 16.2. The molecule has 0 aliphatic heterocycles. The van der Waals surface area contributed by atoms with Gasteiger partial charge in [0.05, 0.1) is 23.5 Å². The molecule has 8 nitrogen and oxygen atoms in total. The largest absolute Gasteiger partial charge is 0.457 e. The van der Waals surface area contributed by atoms with Crippen LogP contribution < -0.4 is 15.7 Å². The van der Waals surface area contributed by atoms with Gasteiger partial charge in [-0.3, -0.25) is 9.78 Å². The summed E-state index contributed by atoms with van der Waals surface area (Å²) in [5, 5.41) is 22.4. The molecule has 0 aliphatic rings. The highest BCUT2D eigenvalue weighted by atomic mass is 16.5. The van der Waals surface area contributed by atoms with E-state index in [1.807, 2.05) is 24.3 Å². The molecule has 4 aromatic rings. The lowest BCUT2D eigenvalue weighted by Gasteiger charge is -2.07. The van der Waals surface area contributed by atoms with Crippen LogP contribution in [0.4, 0.5) is 5.95 Å². The first-order valence-electron chi connectivity index (χ1n) is 9.83. The Kier molecular flexibility index (Phi) is 6.20. The lowest BCUT2D eigenvalue weighted by molar-refractivity contribution is 0.482. The Hall–Kier alpha value is -5.21. The van der Waals surface area contributed by atoms with Crippen LogP contribution in [-0.2, 0) is 0 Å². The van der Waals surface area contributed by atoms with E-state index in [0.29, 0.717) is 22.6 Å². The van der Waals surface area contributed by atoms with Gasteiger partial charge in [0.1, 0.15) is 23.1 Å². The molecule has 4 rings (SSSR count). The third-order valence-electron chi connectivity index (χ3n) is 4.54. The Bertz CT molecular complexity index is 1450. The Labute approximate surface area is 189 Å². The number of aromatic amines is 1. The van der Waals surface area contributed by atoms with Gasteiger partial charge in [-0.15, -0.1) is 0 Å². The molecular formula is C25H16N6O2. The lowest BCUT2D eigenvalue weighted by Crippen LogP contribution is -2.16. The second-order valence-corrected chi connectivity index (χ2v) is 6.80. The van der Waals surface area contributed by atoms with Gasteiger partial charge in [-0.1, -0.05) is 42.5 Å². The molecule has 2 N–H and O–H groups in total. The third kappa shape index (κ3) is 5.10. The second kappa shape index (κ2) is 9.73. The van der Waals surface area contributed by atoms with Crippen molar-refractivity contribution in [3.8, 4) is 34.9 Å². The van der Waals surface area contributed by atoms with E-state index < -0.39 is 5.56 Å².